The van der Waals surface area contributed by atoms with Crippen LogP contribution in [0.1, 0.15) is 0 Å². The summed E-state index contributed by atoms with van der Waals surface area (Å²) in [5.41, 5.74) is 2.81. The number of hydrogen-bond acceptors (Lipinski definition) is 4. The first kappa shape index (κ1) is 14.8. The molecule has 0 aliphatic rings. The molecule has 5 nitrogen and oxygen atoms in total. The summed E-state index contributed by atoms with van der Waals surface area (Å²) >= 11 is 0. The Bertz CT molecular complexity index is 853. The lowest BCUT2D eigenvalue weighted by Gasteiger charge is -2.09. The van der Waals surface area contributed by atoms with Crippen LogP contribution in [0.15, 0.2) is 59.5 Å². The van der Waals surface area contributed by atoms with Crippen LogP contribution >= 0.6 is 0 Å². The average Bonchev–Trinajstić information content (AvgIpc) is 2.62. The molecule has 0 fully saturated rings. The Morgan fingerprint density at radius 3 is 1.87 bits per heavy atom. The highest BCUT2D eigenvalue weighted by Crippen LogP contribution is 2.30. The number of rotatable bonds is 4. The molecule has 0 saturated heterocycles. The van der Waals surface area contributed by atoms with Crippen LogP contribution in [-0.4, -0.2) is 24.4 Å². The summed E-state index contributed by atoms with van der Waals surface area (Å²) in [7, 11) is 3.23. The van der Waals surface area contributed by atoms with Crippen molar-refractivity contribution in [2.45, 2.75) is 0 Å². The maximum atomic E-state index is 12.3. The van der Waals surface area contributed by atoms with E-state index >= 15 is 0 Å². The summed E-state index contributed by atoms with van der Waals surface area (Å²) < 4.78 is 10.3. The molecule has 116 valence electrons. The average molecular weight is 308 g/mol. The Kier molecular flexibility index (Phi) is 4.10. The zero-order valence-electron chi connectivity index (χ0n) is 12.9. The van der Waals surface area contributed by atoms with E-state index in [1.165, 1.54) is 0 Å². The molecule has 0 unspecified atom stereocenters. The first-order valence-corrected chi connectivity index (χ1v) is 7.09. The van der Waals surface area contributed by atoms with Gasteiger partial charge in [0.15, 0.2) is 0 Å². The smallest absolute Gasteiger partial charge is 0.272 e. The van der Waals surface area contributed by atoms with E-state index < -0.39 is 0 Å². The van der Waals surface area contributed by atoms with Gasteiger partial charge in [-0.05, 0) is 35.4 Å². The summed E-state index contributed by atoms with van der Waals surface area (Å²) in [6.45, 7) is 0. The van der Waals surface area contributed by atoms with Crippen LogP contribution in [0.2, 0.25) is 0 Å². The Labute approximate surface area is 133 Å². The molecule has 0 bridgehead atoms. The summed E-state index contributed by atoms with van der Waals surface area (Å²) in [5, 5.41) is 6.43. The van der Waals surface area contributed by atoms with Gasteiger partial charge in [0.05, 0.1) is 26.0 Å². The van der Waals surface area contributed by atoms with E-state index in [0.29, 0.717) is 5.56 Å². The molecule has 5 heteroatoms. The highest BCUT2D eigenvalue weighted by Gasteiger charge is 2.12. The minimum absolute atomic E-state index is 0.233. The zero-order valence-corrected chi connectivity index (χ0v) is 12.9. The predicted octanol–water partition coefficient (Wildman–Crippen LogP) is 3.12. The molecule has 3 rings (SSSR count). The maximum absolute atomic E-state index is 12.3. The molecule has 1 heterocycles. The molecule has 0 amide bonds. The van der Waals surface area contributed by atoms with Gasteiger partial charge in [-0.15, -0.1) is 0 Å². The number of hydrogen-bond donors (Lipinski definition) is 1. The van der Waals surface area contributed by atoms with E-state index in [-0.39, 0.29) is 5.56 Å². The van der Waals surface area contributed by atoms with Gasteiger partial charge in [0.2, 0.25) is 0 Å². The number of benzene rings is 2. The lowest BCUT2D eigenvalue weighted by Crippen LogP contribution is -2.11. The van der Waals surface area contributed by atoms with E-state index in [2.05, 4.69) is 10.2 Å². The second-order valence-corrected chi connectivity index (χ2v) is 4.94. The summed E-state index contributed by atoms with van der Waals surface area (Å²) in [4.78, 5) is 12.3. The predicted molar refractivity (Wildman–Crippen MR) is 88.8 cm³/mol. The fraction of sp³-hybridized carbons (Fsp3) is 0.111. The highest BCUT2D eigenvalue weighted by molar-refractivity contribution is 5.82. The molecule has 3 aromatic rings. The van der Waals surface area contributed by atoms with Gasteiger partial charge in [-0.2, -0.15) is 5.10 Å². The van der Waals surface area contributed by atoms with Crippen LogP contribution < -0.4 is 15.0 Å². The lowest BCUT2D eigenvalue weighted by molar-refractivity contribution is 0.414. The van der Waals surface area contributed by atoms with Crippen LogP contribution in [0.25, 0.3) is 22.3 Å². The molecule has 1 N–H and O–H groups in total. The number of nitrogens with zero attached hydrogens (tertiary/aromatic N) is 1. The third-order valence-corrected chi connectivity index (χ3v) is 3.64. The third-order valence-electron chi connectivity index (χ3n) is 3.64. The number of nitrogens with one attached hydrogen (secondary N) is 1. The van der Waals surface area contributed by atoms with Gasteiger partial charge >= 0.3 is 0 Å². The van der Waals surface area contributed by atoms with Gasteiger partial charge in [0, 0.05) is 5.56 Å². The van der Waals surface area contributed by atoms with Gasteiger partial charge in [-0.3, -0.25) is 4.79 Å². The van der Waals surface area contributed by atoms with E-state index in [4.69, 9.17) is 9.47 Å². The molecule has 23 heavy (non-hydrogen) atoms. The number of aromatic amines is 1. The van der Waals surface area contributed by atoms with E-state index in [9.17, 15) is 4.79 Å². The molecule has 1 aromatic heterocycles. The van der Waals surface area contributed by atoms with Crippen molar-refractivity contribution in [2.75, 3.05) is 14.2 Å². The molecule has 0 spiro atoms. The SMILES string of the molecule is COc1ccc(-c2cn[nH]c(=O)c2-c2ccc(OC)cc2)cc1. The van der Waals surface area contributed by atoms with Crippen LogP contribution in [0.5, 0.6) is 11.5 Å². The Morgan fingerprint density at radius 2 is 1.35 bits per heavy atom. The van der Waals surface area contributed by atoms with Gasteiger partial charge in [-0.1, -0.05) is 24.3 Å². The number of H-pyrrole nitrogens is 1. The highest BCUT2D eigenvalue weighted by atomic mass is 16.5. The third kappa shape index (κ3) is 2.94. The van der Waals surface area contributed by atoms with Crippen LogP contribution in [0.4, 0.5) is 0 Å². The zero-order chi connectivity index (χ0) is 16.2. The summed E-state index contributed by atoms with van der Waals surface area (Å²) in [6.07, 6.45) is 1.66. The molecule has 0 radical (unpaired) electrons. The fourth-order valence-corrected chi connectivity index (χ4v) is 2.43. The van der Waals surface area contributed by atoms with Gasteiger partial charge in [0.1, 0.15) is 11.5 Å². The van der Waals surface area contributed by atoms with E-state index in [0.717, 1.165) is 28.2 Å². The Balaban J connectivity index is 2.14. The lowest BCUT2D eigenvalue weighted by atomic mass is 9.97. The molecule has 0 atom stereocenters. The molecular formula is C18H16N2O3. The van der Waals surface area contributed by atoms with Crippen LogP contribution in [0.3, 0.4) is 0 Å². The Hall–Kier alpha value is -3.08. The molecule has 0 aliphatic carbocycles. The van der Waals surface area contributed by atoms with Gasteiger partial charge in [-0.25, -0.2) is 5.10 Å². The van der Waals surface area contributed by atoms with Crippen molar-refractivity contribution in [3.8, 4) is 33.8 Å². The van der Waals surface area contributed by atoms with Crippen molar-refractivity contribution in [1.82, 2.24) is 10.2 Å². The molecule has 0 aliphatic heterocycles. The monoisotopic (exact) mass is 308 g/mol. The number of methoxy groups -OCH3 is 2. The van der Waals surface area contributed by atoms with Crippen molar-refractivity contribution < 1.29 is 9.47 Å². The minimum atomic E-state index is -0.233. The normalized spacial score (nSPS) is 10.3. The molecule has 2 aromatic carbocycles. The maximum Gasteiger partial charge on any atom is 0.272 e. The van der Waals surface area contributed by atoms with Gasteiger partial charge < -0.3 is 9.47 Å². The minimum Gasteiger partial charge on any atom is -0.497 e. The summed E-state index contributed by atoms with van der Waals surface area (Å²) in [5.74, 6) is 1.50. The fourth-order valence-electron chi connectivity index (χ4n) is 2.43. The molecular weight excluding hydrogens is 292 g/mol. The second-order valence-electron chi connectivity index (χ2n) is 4.94. The van der Waals surface area contributed by atoms with Crippen molar-refractivity contribution in [3.63, 3.8) is 0 Å². The van der Waals surface area contributed by atoms with Crippen molar-refractivity contribution >= 4 is 0 Å². The standard InChI is InChI=1S/C18H16N2O3/c1-22-14-7-3-12(4-8-14)16-11-19-20-18(21)17(16)13-5-9-15(23-2)10-6-13/h3-11H,1-2H3,(H,20,21). The van der Waals surface area contributed by atoms with Gasteiger partial charge in [0.25, 0.3) is 5.56 Å². The quantitative estimate of drug-likeness (QED) is 0.804. The first-order valence-electron chi connectivity index (χ1n) is 7.09. The number of ether oxygens (including phenoxy) is 2. The van der Waals surface area contributed by atoms with Crippen LogP contribution in [0, 0.1) is 0 Å². The topological polar surface area (TPSA) is 64.2 Å². The number of aromatic nitrogens is 2. The Morgan fingerprint density at radius 1 is 0.826 bits per heavy atom. The van der Waals surface area contributed by atoms with Crippen molar-refractivity contribution in [2.24, 2.45) is 0 Å². The summed E-state index contributed by atoms with van der Waals surface area (Å²) in [6, 6.07) is 14.9. The molecule has 0 saturated carbocycles. The van der Waals surface area contributed by atoms with E-state index in [1.54, 1.807) is 20.4 Å². The van der Waals surface area contributed by atoms with E-state index in [1.807, 2.05) is 48.5 Å². The van der Waals surface area contributed by atoms with Crippen LogP contribution in [-0.2, 0) is 0 Å². The second kappa shape index (κ2) is 6.36. The first-order chi connectivity index (χ1) is 11.2. The van der Waals surface area contributed by atoms with Crippen molar-refractivity contribution in [1.29, 1.82) is 0 Å². The van der Waals surface area contributed by atoms with Crippen molar-refractivity contribution in [3.05, 3.63) is 65.1 Å². The largest absolute Gasteiger partial charge is 0.497 e.